The van der Waals surface area contributed by atoms with Crippen molar-refractivity contribution in [2.24, 2.45) is 7.05 Å². The third-order valence-corrected chi connectivity index (χ3v) is 7.09. The number of hydrogen-bond acceptors (Lipinski definition) is 0. The van der Waals surface area contributed by atoms with E-state index in [2.05, 4.69) is 142 Å². The number of pyridine rings is 1. The van der Waals surface area contributed by atoms with Crippen LogP contribution in [0.2, 0.25) is 0 Å². The van der Waals surface area contributed by atoms with Gasteiger partial charge in [-0.15, -0.1) is 0 Å². The van der Waals surface area contributed by atoms with E-state index >= 15 is 0 Å². The highest BCUT2D eigenvalue weighted by molar-refractivity contribution is 5.84. The van der Waals surface area contributed by atoms with Crippen molar-refractivity contribution >= 4 is 10.8 Å². The summed E-state index contributed by atoms with van der Waals surface area (Å²) in [6.07, 6.45) is 4.50. The molecular formula is C33H35N2+. The van der Waals surface area contributed by atoms with Crippen LogP contribution in [0.4, 0.5) is 0 Å². The fraction of sp³-hybridized carbons (Fsp3) is 0.242. The lowest BCUT2D eigenvalue weighted by atomic mass is 9.88. The molecule has 3 aromatic carbocycles. The smallest absolute Gasteiger partial charge is 0.230 e. The average Bonchev–Trinajstić information content (AvgIpc) is 3.23. The van der Waals surface area contributed by atoms with E-state index in [4.69, 9.17) is 0 Å². The van der Waals surface area contributed by atoms with Gasteiger partial charge in [-0.2, -0.15) is 4.57 Å². The highest BCUT2D eigenvalue weighted by atomic mass is 15.0. The van der Waals surface area contributed by atoms with Gasteiger partial charge in [0.05, 0.1) is 5.69 Å². The SMILES string of the molecule is Cc1ccn(-c2c(C(C)C)cc(-c3ccccc3)cc2C(C)C)c1-c1cc2ccccc2c[n+]1C. The van der Waals surface area contributed by atoms with E-state index in [0.717, 1.165) is 0 Å². The Balaban J connectivity index is 1.80. The Hall–Kier alpha value is -3.65. The van der Waals surface area contributed by atoms with Crippen molar-refractivity contribution in [3.63, 3.8) is 0 Å². The van der Waals surface area contributed by atoms with Gasteiger partial charge in [0.2, 0.25) is 5.69 Å². The molecule has 0 radical (unpaired) electrons. The number of hydrogen-bond donors (Lipinski definition) is 0. The molecule has 0 unspecified atom stereocenters. The number of aromatic nitrogens is 2. The van der Waals surface area contributed by atoms with Gasteiger partial charge in [-0.3, -0.25) is 0 Å². The zero-order valence-electron chi connectivity index (χ0n) is 21.7. The fourth-order valence-electron chi connectivity index (χ4n) is 5.20. The van der Waals surface area contributed by atoms with Crippen LogP contribution in [0, 0.1) is 6.92 Å². The summed E-state index contributed by atoms with van der Waals surface area (Å²) in [4.78, 5) is 0. The predicted octanol–water partition coefficient (Wildman–Crippen LogP) is 8.34. The molecule has 0 atom stereocenters. The van der Waals surface area contributed by atoms with E-state index in [0.29, 0.717) is 11.8 Å². The lowest BCUT2D eigenvalue weighted by Gasteiger charge is -2.24. The summed E-state index contributed by atoms with van der Waals surface area (Å²) in [5.41, 5.74) is 10.4. The van der Waals surface area contributed by atoms with Crippen LogP contribution in [0.25, 0.3) is 39.0 Å². The van der Waals surface area contributed by atoms with Gasteiger partial charge in [-0.25, -0.2) is 0 Å². The molecule has 0 fully saturated rings. The standard InChI is InChI=1S/C33H35N2/c1-22(2)29-18-28(25-12-8-7-9-13-25)19-30(23(3)4)33(29)35-17-16-24(5)32(35)31-20-26-14-10-11-15-27(26)21-34(31)6/h7-23H,1-6H3/q+1. The maximum Gasteiger partial charge on any atom is 0.230 e. The van der Waals surface area contributed by atoms with Crippen molar-refractivity contribution in [3.05, 3.63) is 108 Å². The van der Waals surface area contributed by atoms with Gasteiger partial charge >= 0.3 is 0 Å². The molecule has 0 saturated heterocycles. The minimum Gasteiger partial charge on any atom is -0.311 e. The number of aryl methyl sites for hydroxylation is 2. The second kappa shape index (κ2) is 9.19. The number of nitrogens with zero attached hydrogens (tertiary/aromatic N) is 2. The largest absolute Gasteiger partial charge is 0.311 e. The van der Waals surface area contributed by atoms with E-state index < -0.39 is 0 Å². The number of fused-ring (bicyclic) bond motifs is 1. The number of rotatable bonds is 5. The van der Waals surface area contributed by atoms with Gasteiger partial charge in [-0.1, -0.05) is 76.2 Å². The van der Waals surface area contributed by atoms with Gasteiger partial charge in [-0.05, 0) is 76.2 Å². The average molecular weight is 460 g/mol. The molecular weight excluding hydrogens is 424 g/mol. The van der Waals surface area contributed by atoms with Crippen molar-refractivity contribution in [3.8, 4) is 28.2 Å². The molecule has 0 aliphatic heterocycles. The highest BCUT2D eigenvalue weighted by Crippen LogP contribution is 2.39. The Labute approximate surface area is 209 Å². The van der Waals surface area contributed by atoms with Crippen LogP contribution in [0.1, 0.15) is 56.2 Å². The predicted molar refractivity (Wildman–Crippen MR) is 148 cm³/mol. The molecule has 2 heterocycles. The molecule has 2 aromatic heterocycles. The lowest BCUT2D eigenvalue weighted by molar-refractivity contribution is -0.659. The Morgan fingerprint density at radius 3 is 1.91 bits per heavy atom. The first-order chi connectivity index (χ1) is 16.8. The normalized spacial score (nSPS) is 11.7. The van der Waals surface area contributed by atoms with E-state index in [9.17, 15) is 0 Å². The van der Waals surface area contributed by atoms with Crippen LogP contribution >= 0.6 is 0 Å². The Morgan fingerprint density at radius 2 is 1.29 bits per heavy atom. The van der Waals surface area contributed by atoms with Gasteiger partial charge in [0, 0.05) is 17.6 Å². The van der Waals surface area contributed by atoms with Crippen LogP contribution < -0.4 is 4.57 Å². The zero-order chi connectivity index (χ0) is 24.7. The van der Waals surface area contributed by atoms with Gasteiger partial charge in [0.25, 0.3) is 0 Å². The molecule has 35 heavy (non-hydrogen) atoms. The minimum absolute atomic E-state index is 0.395. The first-order valence-electron chi connectivity index (χ1n) is 12.7. The first kappa shape index (κ1) is 23.1. The summed E-state index contributed by atoms with van der Waals surface area (Å²) < 4.78 is 4.71. The van der Waals surface area contributed by atoms with Crippen LogP contribution in [0.3, 0.4) is 0 Å². The fourth-order valence-corrected chi connectivity index (χ4v) is 5.20. The summed E-state index contributed by atoms with van der Waals surface area (Å²) >= 11 is 0. The maximum atomic E-state index is 2.44. The Kier molecular flexibility index (Phi) is 6.06. The van der Waals surface area contributed by atoms with Gasteiger partial charge < -0.3 is 4.57 Å². The quantitative estimate of drug-likeness (QED) is 0.234. The first-order valence-corrected chi connectivity index (χ1v) is 12.7. The Bertz CT molecular complexity index is 1470. The molecule has 0 amide bonds. The molecule has 2 nitrogen and oxygen atoms in total. The van der Waals surface area contributed by atoms with Crippen LogP contribution in [-0.4, -0.2) is 4.57 Å². The van der Waals surface area contributed by atoms with E-state index in [1.807, 2.05) is 0 Å². The second-order valence-electron chi connectivity index (χ2n) is 10.3. The molecule has 176 valence electrons. The summed E-state index contributed by atoms with van der Waals surface area (Å²) in [5.74, 6) is 0.791. The molecule has 0 aliphatic carbocycles. The molecule has 0 bridgehead atoms. The third-order valence-electron chi connectivity index (χ3n) is 7.09. The van der Waals surface area contributed by atoms with E-state index in [1.54, 1.807) is 0 Å². The molecule has 0 saturated carbocycles. The summed E-state index contributed by atoms with van der Waals surface area (Å²) in [7, 11) is 2.16. The monoisotopic (exact) mass is 459 g/mol. The van der Waals surface area contributed by atoms with Crippen LogP contribution in [0.15, 0.2) is 91.3 Å². The van der Waals surface area contributed by atoms with Crippen LogP contribution in [-0.2, 0) is 7.05 Å². The van der Waals surface area contributed by atoms with Crippen molar-refractivity contribution < 1.29 is 4.57 Å². The van der Waals surface area contributed by atoms with E-state index in [1.165, 1.54) is 55.7 Å². The maximum absolute atomic E-state index is 2.44. The summed E-state index contributed by atoms with van der Waals surface area (Å²) in [6, 6.07) is 28.8. The second-order valence-corrected chi connectivity index (χ2v) is 10.3. The van der Waals surface area contributed by atoms with Gasteiger partial charge in [0.15, 0.2) is 6.20 Å². The van der Waals surface area contributed by atoms with Crippen molar-refractivity contribution in [2.75, 3.05) is 0 Å². The molecule has 5 rings (SSSR count). The summed E-state index contributed by atoms with van der Waals surface area (Å²) in [6.45, 7) is 11.5. The molecule has 5 aromatic rings. The molecule has 0 aliphatic rings. The molecule has 0 N–H and O–H groups in total. The third kappa shape index (κ3) is 4.18. The van der Waals surface area contributed by atoms with Crippen molar-refractivity contribution in [2.45, 2.75) is 46.5 Å². The van der Waals surface area contributed by atoms with Gasteiger partial charge in [0.1, 0.15) is 12.7 Å². The molecule has 0 spiro atoms. The minimum atomic E-state index is 0.395. The highest BCUT2D eigenvalue weighted by Gasteiger charge is 2.24. The number of benzene rings is 3. The topological polar surface area (TPSA) is 8.81 Å². The van der Waals surface area contributed by atoms with Crippen molar-refractivity contribution in [1.82, 2.24) is 4.57 Å². The Morgan fingerprint density at radius 1 is 0.686 bits per heavy atom. The van der Waals surface area contributed by atoms with Crippen molar-refractivity contribution in [1.29, 1.82) is 0 Å². The lowest BCUT2D eigenvalue weighted by Crippen LogP contribution is -2.31. The van der Waals surface area contributed by atoms with E-state index in [-0.39, 0.29) is 0 Å². The summed E-state index contributed by atoms with van der Waals surface area (Å²) in [5, 5.41) is 2.52. The van der Waals surface area contributed by atoms with Crippen LogP contribution in [0.5, 0.6) is 0 Å². The molecule has 2 heteroatoms. The zero-order valence-corrected chi connectivity index (χ0v) is 21.7.